The van der Waals surface area contributed by atoms with Crippen LogP contribution in [0.1, 0.15) is 27.4 Å². The number of carbonyl (C=O) groups excluding carboxylic acids is 2. The van der Waals surface area contributed by atoms with Gasteiger partial charge in [0.05, 0.1) is 32.6 Å². The average Bonchev–Trinajstić information content (AvgIpc) is 3.44. The number of methoxy groups -OCH3 is 2. The molecule has 0 aliphatic carbocycles. The SMILES string of the molecule is COc1cc2c(cc1OC)CN(C(=O)Cc1csc(NC(=O)c3ccco3)n1)CC2. The van der Waals surface area contributed by atoms with Crippen LogP contribution in [0.15, 0.2) is 40.3 Å². The molecular weight excluding hydrogens is 406 g/mol. The number of furan rings is 1. The minimum absolute atomic E-state index is 0.00959. The molecule has 0 unspecified atom stereocenters. The van der Waals surface area contributed by atoms with Gasteiger partial charge in [-0.15, -0.1) is 11.3 Å². The second-order valence-corrected chi connectivity index (χ2v) is 7.65. The lowest BCUT2D eigenvalue weighted by Gasteiger charge is -2.29. The molecule has 30 heavy (non-hydrogen) atoms. The van der Waals surface area contributed by atoms with E-state index in [2.05, 4.69) is 10.3 Å². The number of hydrogen-bond acceptors (Lipinski definition) is 7. The fourth-order valence-electron chi connectivity index (χ4n) is 3.37. The molecule has 3 heterocycles. The Morgan fingerprint density at radius 3 is 2.70 bits per heavy atom. The van der Waals surface area contributed by atoms with Gasteiger partial charge < -0.3 is 18.8 Å². The third-order valence-corrected chi connectivity index (χ3v) is 5.73. The molecule has 1 N–H and O–H groups in total. The summed E-state index contributed by atoms with van der Waals surface area (Å²) in [5.41, 5.74) is 2.84. The monoisotopic (exact) mass is 427 g/mol. The van der Waals surface area contributed by atoms with Crippen molar-refractivity contribution in [3.8, 4) is 11.5 Å². The zero-order valence-corrected chi connectivity index (χ0v) is 17.5. The Kier molecular flexibility index (Phi) is 5.71. The highest BCUT2D eigenvalue weighted by Crippen LogP contribution is 2.33. The molecular formula is C21H21N3O5S. The zero-order valence-electron chi connectivity index (χ0n) is 16.6. The number of amides is 2. The van der Waals surface area contributed by atoms with Crippen LogP contribution in [0, 0.1) is 0 Å². The Morgan fingerprint density at radius 1 is 1.23 bits per heavy atom. The van der Waals surface area contributed by atoms with Crippen molar-refractivity contribution in [1.29, 1.82) is 0 Å². The van der Waals surface area contributed by atoms with Crippen molar-refractivity contribution in [3.63, 3.8) is 0 Å². The van der Waals surface area contributed by atoms with E-state index in [-0.39, 0.29) is 24.0 Å². The first-order chi connectivity index (χ1) is 14.6. The van der Waals surface area contributed by atoms with Crippen LogP contribution in [0.25, 0.3) is 0 Å². The van der Waals surface area contributed by atoms with Crippen molar-refractivity contribution < 1.29 is 23.5 Å². The fourth-order valence-corrected chi connectivity index (χ4v) is 4.08. The van der Waals surface area contributed by atoms with Crippen molar-refractivity contribution in [2.75, 3.05) is 26.1 Å². The third-order valence-electron chi connectivity index (χ3n) is 4.92. The summed E-state index contributed by atoms with van der Waals surface area (Å²) in [6.45, 7) is 1.15. The first-order valence-corrected chi connectivity index (χ1v) is 10.3. The van der Waals surface area contributed by atoms with Crippen molar-refractivity contribution >= 4 is 28.3 Å². The standard InChI is InChI=1S/C21H21N3O5S/c1-27-17-8-13-5-6-24(11-14(13)9-18(17)28-2)19(25)10-15-12-30-21(22-15)23-20(26)16-4-3-7-29-16/h3-4,7-9,12H,5-6,10-11H2,1-2H3,(H,22,23,26). The van der Waals surface area contributed by atoms with Gasteiger partial charge in [0, 0.05) is 18.5 Å². The summed E-state index contributed by atoms with van der Waals surface area (Å²) in [4.78, 5) is 31.0. The molecule has 0 radical (unpaired) electrons. The van der Waals surface area contributed by atoms with E-state index in [1.54, 1.807) is 31.7 Å². The Balaban J connectivity index is 1.39. The number of ether oxygens (including phenoxy) is 2. The summed E-state index contributed by atoms with van der Waals surface area (Å²) in [5, 5.41) is 4.89. The van der Waals surface area contributed by atoms with Crippen molar-refractivity contribution in [2.45, 2.75) is 19.4 Å². The lowest BCUT2D eigenvalue weighted by molar-refractivity contribution is -0.131. The summed E-state index contributed by atoms with van der Waals surface area (Å²) in [6.07, 6.45) is 2.36. The Hall–Kier alpha value is -3.33. The van der Waals surface area contributed by atoms with Gasteiger partial charge in [-0.05, 0) is 41.8 Å². The molecule has 3 aromatic rings. The Labute approximate surface area is 177 Å². The van der Waals surface area contributed by atoms with Crippen LogP contribution in [0.5, 0.6) is 11.5 Å². The van der Waals surface area contributed by atoms with Gasteiger partial charge in [-0.25, -0.2) is 4.98 Å². The van der Waals surface area contributed by atoms with Gasteiger partial charge in [-0.3, -0.25) is 14.9 Å². The summed E-state index contributed by atoms with van der Waals surface area (Å²) < 4.78 is 15.8. The number of nitrogens with zero attached hydrogens (tertiary/aromatic N) is 2. The van der Waals surface area contributed by atoms with Crippen LogP contribution >= 0.6 is 11.3 Å². The number of carbonyl (C=O) groups is 2. The normalized spacial score (nSPS) is 12.9. The molecule has 0 saturated heterocycles. The number of benzene rings is 1. The molecule has 2 aromatic heterocycles. The van der Waals surface area contributed by atoms with Crippen LogP contribution in [-0.2, 0) is 24.2 Å². The van der Waals surface area contributed by atoms with E-state index < -0.39 is 0 Å². The number of rotatable bonds is 6. The number of anilines is 1. The van der Waals surface area contributed by atoms with Gasteiger partial charge in [0.1, 0.15) is 0 Å². The summed E-state index contributed by atoms with van der Waals surface area (Å²) >= 11 is 1.28. The van der Waals surface area contributed by atoms with E-state index in [4.69, 9.17) is 13.9 Å². The topological polar surface area (TPSA) is 93.9 Å². The highest BCUT2D eigenvalue weighted by atomic mass is 32.1. The van der Waals surface area contributed by atoms with Crippen LogP contribution in [-0.4, -0.2) is 42.5 Å². The molecule has 156 valence electrons. The second-order valence-electron chi connectivity index (χ2n) is 6.79. The Morgan fingerprint density at radius 2 is 2.00 bits per heavy atom. The molecule has 0 atom stereocenters. The van der Waals surface area contributed by atoms with E-state index in [9.17, 15) is 9.59 Å². The smallest absolute Gasteiger partial charge is 0.293 e. The fraction of sp³-hybridized carbons (Fsp3) is 0.286. The van der Waals surface area contributed by atoms with Gasteiger partial charge in [0.25, 0.3) is 5.91 Å². The maximum atomic E-state index is 12.8. The van der Waals surface area contributed by atoms with Crippen molar-refractivity contribution in [2.24, 2.45) is 0 Å². The van der Waals surface area contributed by atoms with Crippen LogP contribution in [0.4, 0.5) is 5.13 Å². The van der Waals surface area contributed by atoms with Crippen molar-refractivity contribution in [1.82, 2.24) is 9.88 Å². The predicted molar refractivity (Wildman–Crippen MR) is 111 cm³/mol. The number of thiazole rings is 1. The van der Waals surface area contributed by atoms with E-state index in [0.29, 0.717) is 35.4 Å². The number of hydrogen-bond donors (Lipinski definition) is 1. The lowest BCUT2D eigenvalue weighted by Crippen LogP contribution is -2.37. The minimum atomic E-state index is -0.371. The van der Waals surface area contributed by atoms with E-state index in [0.717, 1.165) is 17.5 Å². The highest BCUT2D eigenvalue weighted by Gasteiger charge is 2.23. The molecule has 2 amide bonds. The molecule has 0 saturated carbocycles. The van der Waals surface area contributed by atoms with Crippen molar-refractivity contribution in [3.05, 3.63) is 58.5 Å². The summed E-state index contributed by atoms with van der Waals surface area (Å²) in [5.74, 6) is 1.18. The molecule has 0 bridgehead atoms. The largest absolute Gasteiger partial charge is 0.493 e. The Bertz CT molecular complexity index is 1060. The van der Waals surface area contributed by atoms with Gasteiger partial charge >= 0.3 is 0 Å². The molecule has 9 heteroatoms. The maximum Gasteiger partial charge on any atom is 0.293 e. The minimum Gasteiger partial charge on any atom is -0.493 e. The molecule has 1 aromatic carbocycles. The third kappa shape index (κ3) is 4.16. The first-order valence-electron chi connectivity index (χ1n) is 9.38. The first kappa shape index (κ1) is 20.0. The predicted octanol–water partition coefficient (Wildman–Crippen LogP) is 3.13. The van der Waals surface area contributed by atoms with E-state index >= 15 is 0 Å². The van der Waals surface area contributed by atoms with E-state index in [1.165, 1.54) is 17.6 Å². The lowest BCUT2D eigenvalue weighted by atomic mass is 9.98. The molecule has 4 rings (SSSR count). The zero-order chi connectivity index (χ0) is 21.1. The summed E-state index contributed by atoms with van der Waals surface area (Å²) in [7, 11) is 3.21. The van der Waals surface area contributed by atoms with Gasteiger partial charge in [-0.2, -0.15) is 0 Å². The number of fused-ring (bicyclic) bond motifs is 1. The molecule has 1 aliphatic heterocycles. The number of aromatic nitrogens is 1. The van der Waals surface area contributed by atoms with Gasteiger partial charge in [0.2, 0.25) is 5.91 Å². The molecule has 8 nitrogen and oxygen atoms in total. The van der Waals surface area contributed by atoms with Crippen LogP contribution < -0.4 is 14.8 Å². The summed E-state index contributed by atoms with van der Waals surface area (Å²) in [6, 6.07) is 7.12. The van der Waals surface area contributed by atoms with Gasteiger partial charge in [0.15, 0.2) is 22.4 Å². The van der Waals surface area contributed by atoms with Crippen LogP contribution in [0.3, 0.4) is 0 Å². The van der Waals surface area contributed by atoms with Crippen LogP contribution in [0.2, 0.25) is 0 Å². The van der Waals surface area contributed by atoms with Gasteiger partial charge in [-0.1, -0.05) is 0 Å². The highest BCUT2D eigenvalue weighted by molar-refractivity contribution is 7.14. The maximum absolute atomic E-state index is 12.8. The molecule has 0 fully saturated rings. The molecule has 0 spiro atoms. The van der Waals surface area contributed by atoms with E-state index in [1.807, 2.05) is 17.0 Å². The number of nitrogens with one attached hydrogen (secondary N) is 1. The second kappa shape index (κ2) is 8.58. The average molecular weight is 427 g/mol. The quantitative estimate of drug-likeness (QED) is 0.650. The molecule has 1 aliphatic rings.